The molecular formula is C13H25N3O2. The summed E-state index contributed by atoms with van der Waals surface area (Å²) in [5.74, 6) is 0.457. The molecule has 1 amide bonds. The Hall–Kier alpha value is -0.650. The minimum absolute atomic E-state index is 0.171. The van der Waals surface area contributed by atoms with Crippen molar-refractivity contribution in [3.63, 3.8) is 0 Å². The maximum absolute atomic E-state index is 12.3. The third kappa shape index (κ3) is 3.67. The van der Waals surface area contributed by atoms with Crippen molar-refractivity contribution in [3.8, 4) is 0 Å². The van der Waals surface area contributed by atoms with Gasteiger partial charge in [0, 0.05) is 58.4 Å². The van der Waals surface area contributed by atoms with Gasteiger partial charge in [0.1, 0.15) is 0 Å². The van der Waals surface area contributed by atoms with Crippen LogP contribution in [-0.4, -0.2) is 75.2 Å². The van der Waals surface area contributed by atoms with Crippen LogP contribution in [0.1, 0.15) is 12.8 Å². The highest BCUT2D eigenvalue weighted by Crippen LogP contribution is 2.17. The molecule has 2 rings (SSSR count). The molecule has 0 radical (unpaired) electrons. The molecule has 2 aliphatic rings. The van der Waals surface area contributed by atoms with Crippen LogP contribution in [0.15, 0.2) is 0 Å². The molecule has 0 aromatic carbocycles. The van der Waals surface area contributed by atoms with E-state index in [1.165, 1.54) is 0 Å². The number of amides is 1. The van der Waals surface area contributed by atoms with Crippen molar-refractivity contribution < 1.29 is 9.53 Å². The zero-order valence-electron chi connectivity index (χ0n) is 11.5. The van der Waals surface area contributed by atoms with E-state index in [4.69, 9.17) is 4.74 Å². The van der Waals surface area contributed by atoms with E-state index in [0.717, 1.165) is 52.2 Å². The highest BCUT2D eigenvalue weighted by atomic mass is 16.5. The lowest BCUT2D eigenvalue weighted by atomic mass is 9.98. The first kappa shape index (κ1) is 13.8. The maximum atomic E-state index is 12.3. The van der Waals surface area contributed by atoms with E-state index in [9.17, 15) is 4.79 Å². The highest BCUT2D eigenvalue weighted by Gasteiger charge is 2.26. The van der Waals surface area contributed by atoms with Crippen molar-refractivity contribution in [2.24, 2.45) is 5.92 Å². The van der Waals surface area contributed by atoms with Crippen LogP contribution < -0.4 is 5.32 Å². The van der Waals surface area contributed by atoms with E-state index in [0.29, 0.717) is 6.04 Å². The van der Waals surface area contributed by atoms with Crippen LogP contribution in [0.5, 0.6) is 0 Å². The van der Waals surface area contributed by atoms with Gasteiger partial charge in [-0.25, -0.2) is 0 Å². The van der Waals surface area contributed by atoms with Crippen molar-refractivity contribution in [2.75, 3.05) is 53.5 Å². The van der Waals surface area contributed by atoms with Gasteiger partial charge in [0.05, 0.1) is 0 Å². The Morgan fingerprint density at radius 2 is 2.17 bits per heavy atom. The van der Waals surface area contributed by atoms with E-state index >= 15 is 0 Å². The molecule has 5 heteroatoms. The number of hydrogen-bond donors (Lipinski definition) is 1. The first-order chi connectivity index (χ1) is 8.66. The van der Waals surface area contributed by atoms with Gasteiger partial charge >= 0.3 is 0 Å². The SMILES string of the molecule is CN1CCNC(CN(C)C(=O)C2CCOCC2)C1. The fraction of sp³-hybridized carbons (Fsp3) is 0.923. The number of ether oxygens (including phenoxy) is 1. The molecule has 0 saturated carbocycles. The monoisotopic (exact) mass is 255 g/mol. The number of nitrogens with zero attached hydrogens (tertiary/aromatic N) is 2. The van der Waals surface area contributed by atoms with E-state index in [2.05, 4.69) is 17.3 Å². The lowest BCUT2D eigenvalue weighted by Gasteiger charge is -2.34. The molecule has 0 aliphatic carbocycles. The van der Waals surface area contributed by atoms with Crippen molar-refractivity contribution >= 4 is 5.91 Å². The van der Waals surface area contributed by atoms with E-state index in [1.54, 1.807) is 0 Å². The molecule has 18 heavy (non-hydrogen) atoms. The molecule has 1 unspecified atom stereocenters. The number of rotatable bonds is 3. The number of carbonyl (C=O) groups is 1. The lowest BCUT2D eigenvalue weighted by Crippen LogP contribution is -2.54. The van der Waals surface area contributed by atoms with Gasteiger partial charge in [-0.05, 0) is 19.9 Å². The molecule has 2 fully saturated rings. The third-order valence-corrected chi connectivity index (χ3v) is 3.90. The summed E-state index contributed by atoms with van der Waals surface area (Å²) < 4.78 is 5.30. The predicted molar refractivity (Wildman–Crippen MR) is 70.5 cm³/mol. The summed E-state index contributed by atoms with van der Waals surface area (Å²) in [6, 6.07) is 0.401. The van der Waals surface area contributed by atoms with Crippen LogP contribution in [0.2, 0.25) is 0 Å². The minimum atomic E-state index is 0.171. The average molecular weight is 255 g/mol. The molecule has 0 aromatic rings. The van der Waals surface area contributed by atoms with E-state index in [1.807, 2.05) is 11.9 Å². The summed E-state index contributed by atoms with van der Waals surface area (Å²) in [5.41, 5.74) is 0. The molecule has 2 aliphatic heterocycles. The van der Waals surface area contributed by atoms with Gasteiger partial charge in [0.2, 0.25) is 5.91 Å². The second-order valence-corrected chi connectivity index (χ2v) is 5.52. The second-order valence-electron chi connectivity index (χ2n) is 5.52. The molecular weight excluding hydrogens is 230 g/mol. The maximum Gasteiger partial charge on any atom is 0.225 e. The molecule has 5 nitrogen and oxygen atoms in total. The molecule has 0 bridgehead atoms. The standard InChI is InChI=1S/C13H25N3O2/c1-15-6-5-14-12(9-15)10-16(2)13(17)11-3-7-18-8-4-11/h11-12,14H,3-10H2,1-2H3. The summed E-state index contributed by atoms with van der Waals surface area (Å²) in [7, 11) is 4.06. The number of hydrogen-bond acceptors (Lipinski definition) is 4. The Balaban J connectivity index is 1.79. The summed E-state index contributed by atoms with van der Waals surface area (Å²) in [4.78, 5) is 16.5. The Bertz CT molecular complexity index is 279. The number of piperazine rings is 1. The van der Waals surface area contributed by atoms with Gasteiger partial charge in [-0.3, -0.25) is 4.79 Å². The van der Waals surface area contributed by atoms with Crippen molar-refractivity contribution in [1.29, 1.82) is 0 Å². The summed E-state index contributed by atoms with van der Waals surface area (Å²) >= 11 is 0. The van der Waals surface area contributed by atoms with Crippen molar-refractivity contribution in [2.45, 2.75) is 18.9 Å². The quantitative estimate of drug-likeness (QED) is 0.757. The summed E-state index contributed by atoms with van der Waals surface area (Å²) in [6.07, 6.45) is 1.75. The van der Waals surface area contributed by atoms with Gasteiger partial charge in [0.15, 0.2) is 0 Å². The topological polar surface area (TPSA) is 44.8 Å². The Morgan fingerprint density at radius 1 is 1.44 bits per heavy atom. The summed E-state index contributed by atoms with van der Waals surface area (Å²) in [5, 5.41) is 3.48. The molecule has 2 heterocycles. The van der Waals surface area contributed by atoms with Crippen molar-refractivity contribution in [3.05, 3.63) is 0 Å². The molecule has 1 N–H and O–H groups in total. The normalized spacial score (nSPS) is 27.1. The largest absolute Gasteiger partial charge is 0.381 e. The van der Waals surface area contributed by atoms with Gasteiger partial charge in [0.25, 0.3) is 0 Å². The van der Waals surface area contributed by atoms with Gasteiger partial charge in [-0.1, -0.05) is 0 Å². The van der Waals surface area contributed by atoms with Crippen LogP contribution in [0.3, 0.4) is 0 Å². The lowest BCUT2D eigenvalue weighted by molar-refractivity contribution is -0.137. The van der Waals surface area contributed by atoms with E-state index in [-0.39, 0.29) is 11.8 Å². The molecule has 2 saturated heterocycles. The van der Waals surface area contributed by atoms with E-state index < -0.39 is 0 Å². The third-order valence-electron chi connectivity index (χ3n) is 3.90. The molecule has 0 aromatic heterocycles. The zero-order chi connectivity index (χ0) is 13.0. The van der Waals surface area contributed by atoms with Crippen molar-refractivity contribution in [1.82, 2.24) is 15.1 Å². The fourth-order valence-electron chi connectivity index (χ4n) is 2.79. The van der Waals surface area contributed by atoms with Gasteiger partial charge in [-0.15, -0.1) is 0 Å². The summed E-state index contributed by atoms with van der Waals surface area (Å²) in [6.45, 7) is 5.39. The molecule has 1 atom stereocenters. The van der Waals surface area contributed by atoms with Crippen LogP contribution in [-0.2, 0) is 9.53 Å². The smallest absolute Gasteiger partial charge is 0.225 e. The van der Waals surface area contributed by atoms with Crippen LogP contribution in [0.25, 0.3) is 0 Å². The highest BCUT2D eigenvalue weighted by molar-refractivity contribution is 5.78. The number of likely N-dealkylation sites (N-methyl/N-ethyl adjacent to an activating group) is 2. The van der Waals surface area contributed by atoms with Crippen LogP contribution in [0.4, 0.5) is 0 Å². The first-order valence-electron chi connectivity index (χ1n) is 6.91. The molecule has 104 valence electrons. The van der Waals surface area contributed by atoms with Crippen LogP contribution in [0, 0.1) is 5.92 Å². The first-order valence-corrected chi connectivity index (χ1v) is 6.91. The van der Waals surface area contributed by atoms with Crippen LogP contribution >= 0.6 is 0 Å². The van der Waals surface area contributed by atoms with Gasteiger partial charge < -0.3 is 19.9 Å². The second kappa shape index (κ2) is 6.50. The predicted octanol–water partition coefficient (Wildman–Crippen LogP) is -0.225. The minimum Gasteiger partial charge on any atom is -0.381 e. The Morgan fingerprint density at radius 3 is 2.83 bits per heavy atom. The number of nitrogens with one attached hydrogen (secondary N) is 1. The Labute approximate surface area is 109 Å². The molecule has 0 spiro atoms. The Kier molecular flexibility index (Phi) is 4.97. The van der Waals surface area contributed by atoms with Gasteiger partial charge in [-0.2, -0.15) is 0 Å². The number of carbonyl (C=O) groups excluding carboxylic acids is 1. The average Bonchev–Trinajstić information content (AvgIpc) is 2.39. The fourth-order valence-corrected chi connectivity index (χ4v) is 2.79. The zero-order valence-corrected chi connectivity index (χ0v) is 11.5.